The van der Waals surface area contributed by atoms with Gasteiger partial charge >= 0.3 is 0 Å². The summed E-state index contributed by atoms with van der Waals surface area (Å²) in [5.41, 5.74) is 0. The minimum atomic E-state index is -0.658. The van der Waals surface area contributed by atoms with Crippen molar-refractivity contribution in [1.82, 2.24) is 0 Å². The van der Waals surface area contributed by atoms with E-state index in [0.717, 1.165) is 0 Å². The molecular weight excluding hydrogens is 160 g/mol. The fourth-order valence-corrected chi connectivity index (χ4v) is 0.495. The number of aliphatic hydroxyl groups excluding tert-OH is 1. The van der Waals surface area contributed by atoms with Crippen LogP contribution in [0.25, 0.3) is 0 Å². The third-order valence-corrected chi connectivity index (χ3v) is 1.06. The summed E-state index contributed by atoms with van der Waals surface area (Å²) in [4.78, 5) is 10.2. The molecule has 2 nitrogen and oxygen atoms in total. The van der Waals surface area contributed by atoms with Gasteiger partial charge in [-0.05, 0) is 6.92 Å². The summed E-state index contributed by atoms with van der Waals surface area (Å²) >= 11 is 5.19. The molecule has 0 aromatic carbocycles. The van der Waals surface area contributed by atoms with E-state index in [1.165, 1.54) is 6.92 Å². The summed E-state index contributed by atoms with van der Waals surface area (Å²) in [5.74, 6) is 0.109. The molecule has 0 aliphatic rings. The van der Waals surface area contributed by atoms with E-state index in [-0.39, 0.29) is 31.6 Å². The van der Waals surface area contributed by atoms with Crippen LogP contribution in [0.2, 0.25) is 0 Å². The van der Waals surface area contributed by atoms with Gasteiger partial charge in [-0.3, -0.25) is 4.79 Å². The SMILES string of the molecule is CC(=O)C[C@H](O)CCl.S. The molecule has 0 heterocycles. The highest BCUT2D eigenvalue weighted by Crippen LogP contribution is 1.93. The van der Waals surface area contributed by atoms with Crippen LogP contribution in [0, 0.1) is 0 Å². The van der Waals surface area contributed by atoms with E-state index in [9.17, 15) is 4.79 Å². The van der Waals surface area contributed by atoms with Crippen LogP contribution in [0.15, 0.2) is 0 Å². The van der Waals surface area contributed by atoms with Crippen molar-refractivity contribution < 1.29 is 9.90 Å². The van der Waals surface area contributed by atoms with Gasteiger partial charge in [0.25, 0.3) is 0 Å². The number of hydrogen-bond donors (Lipinski definition) is 1. The van der Waals surface area contributed by atoms with Crippen molar-refractivity contribution in [2.24, 2.45) is 0 Å². The van der Waals surface area contributed by atoms with Crippen LogP contribution in [0.5, 0.6) is 0 Å². The van der Waals surface area contributed by atoms with Crippen molar-refractivity contribution in [3.05, 3.63) is 0 Å². The summed E-state index contributed by atoms with van der Waals surface area (Å²) in [7, 11) is 0. The number of carbonyl (C=O) groups excluding carboxylic acids is 1. The van der Waals surface area contributed by atoms with Gasteiger partial charge in [-0.2, -0.15) is 13.5 Å². The summed E-state index contributed by atoms with van der Waals surface area (Å²) < 4.78 is 0. The summed E-state index contributed by atoms with van der Waals surface area (Å²) in [6, 6.07) is 0. The first-order chi connectivity index (χ1) is 3.66. The Morgan fingerprint density at radius 3 is 2.33 bits per heavy atom. The second-order valence-corrected chi connectivity index (χ2v) is 2.02. The molecular formula is C5H11ClO2S. The van der Waals surface area contributed by atoms with E-state index >= 15 is 0 Å². The van der Waals surface area contributed by atoms with Gasteiger partial charge in [0, 0.05) is 12.3 Å². The van der Waals surface area contributed by atoms with Gasteiger partial charge in [-0.25, -0.2) is 0 Å². The van der Waals surface area contributed by atoms with E-state index in [1.807, 2.05) is 0 Å². The molecule has 0 aliphatic heterocycles. The highest BCUT2D eigenvalue weighted by Gasteiger charge is 2.03. The standard InChI is InChI=1S/C5H9ClO2.H2S/c1-4(7)2-5(8)3-6;/h5,8H,2-3H2,1H3;1H2/t5-;/m0./s1. The first-order valence-electron chi connectivity index (χ1n) is 2.40. The molecule has 0 aliphatic carbocycles. The Balaban J connectivity index is 0. The van der Waals surface area contributed by atoms with E-state index in [1.54, 1.807) is 0 Å². The molecule has 0 bridgehead atoms. The zero-order valence-corrected chi connectivity index (χ0v) is 6.98. The van der Waals surface area contributed by atoms with E-state index in [4.69, 9.17) is 16.7 Å². The molecule has 0 aromatic rings. The Morgan fingerprint density at radius 2 is 2.22 bits per heavy atom. The number of ketones is 1. The maximum atomic E-state index is 10.2. The fourth-order valence-electron chi connectivity index (χ4n) is 0.386. The van der Waals surface area contributed by atoms with Gasteiger partial charge in [0.15, 0.2) is 0 Å². The van der Waals surface area contributed by atoms with Crippen LogP contribution < -0.4 is 0 Å². The Kier molecular flexibility index (Phi) is 8.52. The first kappa shape index (κ1) is 12.0. The van der Waals surface area contributed by atoms with Gasteiger partial charge in [0.1, 0.15) is 5.78 Å². The minimum Gasteiger partial charge on any atom is -0.391 e. The molecule has 1 atom stereocenters. The zero-order chi connectivity index (χ0) is 6.57. The van der Waals surface area contributed by atoms with Crippen molar-refractivity contribution in [2.75, 3.05) is 5.88 Å². The number of rotatable bonds is 3. The monoisotopic (exact) mass is 170 g/mol. The Morgan fingerprint density at radius 1 is 1.78 bits per heavy atom. The van der Waals surface area contributed by atoms with Gasteiger partial charge in [-0.15, -0.1) is 11.6 Å². The van der Waals surface area contributed by atoms with E-state index in [2.05, 4.69) is 0 Å². The number of halogens is 1. The maximum Gasteiger partial charge on any atom is 0.132 e. The second kappa shape index (κ2) is 6.39. The molecule has 0 saturated heterocycles. The number of alkyl halides is 1. The number of aliphatic hydroxyl groups is 1. The van der Waals surface area contributed by atoms with Gasteiger partial charge in [0.05, 0.1) is 6.10 Å². The number of Topliss-reactive ketones (excluding diaryl/α,β-unsaturated/α-hetero) is 1. The molecule has 0 fully saturated rings. The smallest absolute Gasteiger partial charge is 0.132 e. The van der Waals surface area contributed by atoms with Crippen LogP contribution in [0.4, 0.5) is 0 Å². The fraction of sp³-hybridized carbons (Fsp3) is 0.800. The van der Waals surface area contributed by atoms with Crippen molar-refractivity contribution in [3.63, 3.8) is 0 Å². The molecule has 0 aromatic heterocycles. The van der Waals surface area contributed by atoms with Crippen LogP contribution in [0.3, 0.4) is 0 Å². The molecule has 0 spiro atoms. The number of hydrogen-bond acceptors (Lipinski definition) is 2. The maximum absolute atomic E-state index is 10.2. The van der Waals surface area contributed by atoms with Gasteiger partial charge < -0.3 is 5.11 Å². The van der Waals surface area contributed by atoms with Crippen LogP contribution in [-0.2, 0) is 4.79 Å². The van der Waals surface area contributed by atoms with Gasteiger partial charge in [-0.1, -0.05) is 0 Å². The average Bonchev–Trinajstić information content (AvgIpc) is 1.65. The lowest BCUT2D eigenvalue weighted by molar-refractivity contribution is -0.118. The van der Waals surface area contributed by atoms with Gasteiger partial charge in [0.2, 0.25) is 0 Å². The summed E-state index contributed by atoms with van der Waals surface area (Å²) in [6.07, 6.45) is -0.488. The van der Waals surface area contributed by atoms with E-state index in [0.29, 0.717) is 0 Å². The highest BCUT2D eigenvalue weighted by atomic mass is 35.5. The molecule has 4 heteroatoms. The summed E-state index contributed by atoms with van der Waals surface area (Å²) in [5, 5.41) is 8.68. The third kappa shape index (κ3) is 8.27. The molecule has 0 saturated carbocycles. The molecule has 0 radical (unpaired) electrons. The van der Waals surface area contributed by atoms with Crippen molar-refractivity contribution in [3.8, 4) is 0 Å². The predicted molar refractivity (Wildman–Crippen MR) is 42.4 cm³/mol. The Labute approximate surface area is 66.7 Å². The molecule has 0 amide bonds. The van der Waals surface area contributed by atoms with E-state index < -0.39 is 6.10 Å². The molecule has 56 valence electrons. The third-order valence-electron chi connectivity index (χ3n) is 0.701. The topological polar surface area (TPSA) is 37.3 Å². The van der Waals surface area contributed by atoms with Crippen LogP contribution >= 0.6 is 25.1 Å². The minimum absolute atomic E-state index is 0. The molecule has 0 rings (SSSR count). The Hall–Kier alpha value is 0.270. The van der Waals surface area contributed by atoms with Crippen LogP contribution in [-0.4, -0.2) is 22.9 Å². The lowest BCUT2D eigenvalue weighted by atomic mass is 10.2. The van der Waals surface area contributed by atoms with Crippen molar-refractivity contribution >= 4 is 30.9 Å². The average molecular weight is 171 g/mol. The Bertz CT molecular complexity index is 87.0. The predicted octanol–water partition coefficient (Wildman–Crippen LogP) is 0.678. The quantitative estimate of drug-likeness (QED) is 0.633. The molecule has 0 unspecified atom stereocenters. The number of carbonyl (C=O) groups is 1. The van der Waals surface area contributed by atoms with Crippen LogP contribution in [0.1, 0.15) is 13.3 Å². The molecule has 9 heavy (non-hydrogen) atoms. The normalized spacial score (nSPS) is 11.9. The lowest BCUT2D eigenvalue weighted by Gasteiger charge is -1.99. The largest absolute Gasteiger partial charge is 0.391 e. The summed E-state index contributed by atoms with van der Waals surface area (Å²) in [6.45, 7) is 1.43. The van der Waals surface area contributed by atoms with Crippen molar-refractivity contribution in [1.29, 1.82) is 0 Å². The zero-order valence-electron chi connectivity index (χ0n) is 5.22. The highest BCUT2D eigenvalue weighted by molar-refractivity contribution is 7.59. The lowest BCUT2D eigenvalue weighted by Crippen LogP contribution is -2.12. The molecule has 1 N–H and O–H groups in total. The van der Waals surface area contributed by atoms with Crippen molar-refractivity contribution in [2.45, 2.75) is 19.4 Å². The first-order valence-corrected chi connectivity index (χ1v) is 2.93. The second-order valence-electron chi connectivity index (χ2n) is 1.71.